The monoisotopic (exact) mass is 379 g/mol. The Bertz CT molecular complexity index is 938. The highest BCUT2D eigenvalue weighted by Gasteiger charge is 2.26. The number of aromatic nitrogens is 3. The lowest BCUT2D eigenvalue weighted by Crippen LogP contribution is -2.28. The maximum Gasteiger partial charge on any atom is 0.243 e. The Kier molecular flexibility index (Phi) is 4.97. The second-order valence-electron chi connectivity index (χ2n) is 6.09. The quantitative estimate of drug-likeness (QED) is 0.803. The molecule has 2 aromatic rings. The average molecular weight is 379 g/mol. The zero-order valence-electron chi connectivity index (χ0n) is 14.9. The lowest BCUT2D eigenvalue weighted by atomic mass is 10.3. The molecule has 10 heteroatoms. The van der Waals surface area contributed by atoms with Crippen molar-refractivity contribution in [2.75, 3.05) is 19.5 Å². The van der Waals surface area contributed by atoms with Gasteiger partial charge in [-0.2, -0.15) is 4.31 Å². The fourth-order valence-electron chi connectivity index (χ4n) is 2.93. The van der Waals surface area contributed by atoms with E-state index in [1.165, 1.54) is 43.6 Å². The van der Waals surface area contributed by atoms with Gasteiger partial charge in [-0.05, 0) is 24.6 Å². The van der Waals surface area contributed by atoms with Crippen LogP contribution in [0.15, 0.2) is 23.1 Å². The summed E-state index contributed by atoms with van der Waals surface area (Å²) < 4.78 is 34.2. The van der Waals surface area contributed by atoms with Gasteiger partial charge in [0.15, 0.2) is 0 Å². The topological polar surface area (TPSA) is 106 Å². The predicted octanol–water partition coefficient (Wildman–Crippen LogP) is 1.01. The lowest BCUT2D eigenvalue weighted by Gasteiger charge is -2.18. The zero-order valence-corrected chi connectivity index (χ0v) is 15.7. The molecule has 0 aliphatic carbocycles. The van der Waals surface area contributed by atoms with Gasteiger partial charge in [-0.15, -0.1) is 10.2 Å². The number of benzene rings is 1. The number of carbonyl (C=O) groups excluding carboxylic acids is 1. The molecule has 1 aliphatic heterocycles. The molecule has 1 N–H and O–H groups in total. The van der Waals surface area contributed by atoms with Gasteiger partial charge in [0.05, 0.1) is 24.2 Å². The number of fused-ring (bicyclic) bond motifs is 1. The minimum atomic E-state index is -3.77. The molecular formula is C16H21N5O4S. The molecule has 3 rings (SSSR count). The number of ether oxygens (including phenoxy) is 1. The largest absolute Gasteiger partial charge is 0.495 e. The molecule has 1 aromatic heterocycles. The second kappa shape index (κ2) is 7.04. The molecule has 0 fully saturated rings. The standard InChI is InChI=1S/C16H21N5O4S/c1-11(22)17-13-9-12(6-7-14(13)25-3)26(23,24)20(2)10-16-19-18-15-5-4-8-21(15)16/h6-7,9H,4-5,8,10H2,1-3H3,(H,17,22). The molecular weight excluding hydrogens is 358 g/mol. The van der Waals surface area contributed by atoms with Crippen molar-refractivity contribution >= 4 is 21.6 Å². The Morgan fingerprint density at radius 1 is 1.38 bits per heavy atom. The van der Waals surface area contributed by atoms with E-state index in [1.54, 1.807) is 0 Å². The molecule has 0 unspecified atom stereocenters. The molecule has 9 nitrogen and oxygen atoms in total. The summed E-state index contributed by atoms with van der Waals surface area (Å²) in [6.45, 7) is 2.27. The Morgan fingerprint density at radius 3 is 2.85 bits per heavy atom. The molecule has 0 atom stereocenters. The maximum absolute atomic E-state index is 12.9. The van der Waals surface area contributed by atoms with Crippen LogP contribution in [0.3, 0.4) is 0 Å². The minimum absolute atomic E-state index is 0.0608. The molecule has 0 radical (unpaired) electrons. The number of hydrogen-bond acceptors (Lipinski definition) is 6. The molecule has 0 saturated heterocycles. The number of nitrogens with zero attached hydrogens (tertiary/aromatic N) is 4. The maximum atomic E-state index is 12.9. The van der Waals surface area contributed by atoms with E-state index in [1.807, 2.05) is 4.57 Å². The van der Waals surface area contributed by atoms with E-state index in [0.29, 0.717) is 17.3 Å². The van der Waals surface area contributed by atoms with Crippen molar-refractivity contribution in [1.82, 2.24) is 19.1 Å². The first-order chi connectivity index (χ1) is 12.3. The SMILES string of the molecule is COc1ccc(S(=O)(=O)N(C)Cc2nnc3n2CCC3)cc1NC(C)=O. The zero-order chi connectivity index (χ0) is 18.9. The van der Waals surface area contributed by atoms with Crippen LogP contribution in [0.25, 0.3) is 0 Å². The van der Waals surface area contributed by atoms with Crippen LogP contribution in [-0.4, -0.2) is 47.6 Å². The summed E-state index contributed by atoms with van der Waals surface area (Å²) in [5.41, 5.74) is 0.304. The van der Waals surface area contributed by atoms with Gasteiger partial charge in [-0.25, -0.2) is 8.42 Å². The van der Waals surface area contributed by atoms with Crippen LogP contribution in [0.2, 0.25) is 0 Å². The van der Waals surface area contributed by atoms with E-state index < -0.39 is 10.0 Å². The van der Waals surface area contributed by atoms with E-state index in [-0.39, 0.29) is 17.3 Å². The highest BCUT2D eigenvalue weighted by molar-refractivity contribution is 7.89. The highest BCUT2D eigenvalue weighted by atomic mass is 32.2. The number of methoxy groups -OCH3 is 1. The molecule has 1 amide bonds. The Morgan fingerprint density at radius 2 is 2.15 bits per heavy atom. The summed E-state index contributed by atoms with van der Waals surface area (Å²) in [5.74, 6) is 1.59. The van der Waals surface area contributed by atoms with Crippen molar-refractivity contribution in [3.05, 3.63) is 29.8 Å². The van der Waals surface area contributed by atoms with Gasteiger partial charge in [0.25, 0.3) is 0 Å². The number of amides is 1. The number of carbonyl (C=O) groups is 1. The first-order valence-electron chi connectivity index (χ1n) is 8.16. The molecule has 1 aromatic carbocycles. The van der Waals surface area contributed by atoms with E-state index in [2.05, 4.69) is 15.5 Å². The van der Waals surface area contributed by atoms with Gasteiger partial charge < -0.3 is 14.6 Å². The fourth-order valence-corrected chi connectivity index (χ4v) is 4.08. The highest BCUT2D eigenvalue weighted by Crippen LogP contribution is 2.29. The van der Waals surface area contributed by atoms with Crippen LogP contribution < -0.4 is 10.1 Å². The van der Waals surface area contributed by atoms with Crippen LogP contribution in [-0.2, 0) is 34.3 Å². The average Bonchev–Trinajstić information content (AvgIpc) is 3.19. The third kappa shape index (κ3) is 3.42. The number of rotatable bonds is 6. The van der Waals surface area contributed by atoms with Crippen molar-refractivity contribution < 1.29 is 17.9 Å². The number of aryl methyl sites for hydroxylation is 1. The van der Waals surface area contributed by atoms with Crippen molar-refractivity contribution in [3.8, 4) is 5.75 Å². The van der Waals surface area contributed by atoms with Gasteiger partial charge in [-0.3, -0.25) is 4.79 Å². The number of hydrogen-bond donors (Lipinski definition) is 1. The summed E-state index contributed by atoms with van der Waals surface area (Å²) in [4.78, 5) is 11.4. The van der Waals surface area contributed by atoms with Crippen LogP contribution >= 0.6 is 0 Å². The summed E-state index contributed by atoms with van der Waals surface area (Å²) in [5, 5.41) is 10.8. The van der Waals surface area contributed by atoms with Crippen LogP contribution in [0, 0.1) is 0 Å². The fraction of sp³-hybridized carbons (Fsp3) is 0.438. The van der Waals surface area contributed by atoms with E-state index in [0.717, 1.165) is 25.2 Å². The molecule has 0 spiro atoms. The molecule has 2 heterocycles. The third-order valence-electron chi connectivity index (χ3n) is 4.24. The van der Waals surface area contributed by atoms with Gasteiger partial charge in [-0.1, -0.05) is 0 Å². The normalized spacial score (nSPS) is 13.7. The van der Waals surface area contributed by atoms with Gasteiger partial charge >= 0.3 is 0 Å². The number of anilines is 1. The summed E-state index contributed by atoms with van der Waals surface area (Å²) in [6, 6.07) is 4.35. The van der Waals surface area contributed by atoms with Crippen molar-refractivity contribution in [3.63, 3.8) is 0 Å². The van der Waals surface area contributed by atoms with Gasteiger partial charge in [0, 0.05) is 26.9 Å². The lowest BCUT2D eigenvalue weighted by molar-refractivity contribution is -0.114. The second-order valence-corrected chi connectivity index (χ2v) is 8.14. The van der Waals surface area contributed by atoms with E-state index in [9.17, 15) is 13.2 Å². The first-order valence-corrected chi connectivity index (χ1v) is 9.60. The summed E-state index contributed by atoms with van der Waals surface area (Å²) >= 11 is 0. The Labute approximate surface area is 152 Å². The van der Waals surface area contributed by atoms with Crippen molar-refractivity contribution in [2.45, 2.75) is 37.8 Å². The van der Waals surface area contributed by atoms with Crippen molar-refractivity contribution in [2.24, 2.45) is 0 Å². The van der Waals surface area contributed by atoms with Gasteiger partial charge in [0.1, 0.15) is 17.4 Å². The van der Waals surface area contributed by atoms with Crippen LogP contribution in [0.5, 0.6) is 5.75 Å². The summed E-state index contributed by atoms with van der Waals surface area (Å²) in [6.07, 6.45) is 1.86. The predicted molar refractivity (Wildman–Crippen MR) is 94.3 cm³/mol. The van der Waals surface area contributed by atoms with E-state index >= 15 is 0 Å². The number of nitrogens with one attached hydrogen (secondary N) is 1. The molecule has 0 saturated carbocycles. The molecule has 26 heavy (non-hydrogen) atoms. The summed E-state index contributed by atoms with van der Waals surface area (Å²) in [7, 11) is -0.825. The molecule has 140 valence electrons. The Hall–Kier alpha value is -2.46. The van der Waals surface area contributed by atoms with E-state index in [4.69, 9.17) is 4.74 Å². The molecule has 1 aliphatic rings. The minimum Gasteiger partial charge on any atom is -0.495 e. The Balaban J connectivity index is 1.87. The van der Waals surface area contributed by atoms with Crippen molar-refractivity contribution in [1.29, 1.82) is 0 Å². The van der Waals surface area contributed by atoms with Crippen LogP contribution in [0.4, 0.5) is 5.69 Å². The van der Waals surface area contributed by atoms with Gasteiger partial charge in [0.2, 0.25) is 15.9 Å². The molecule has 0 bridgehead atoms. The smallest absolute Gasteiger partial charge is 0.243 e. The first kappa shape index (κ1) is 18.3. The third-order valence-corrected chi connectivity index (χ3v) is 6.04. The van der Waals surface area contributed by atoms with Crippen LogP contribution in [0.1, 0.15) is 25.0 Å². The number of sulfonamides is 1.